The molecule has 2 rings (SSSR count). The van der Waals surface area contributed by atoms with E-state index >= 15 is 0 Å². The number of rotatable bonds is 2. The first-order valence-electron chi connectivity index (χ1n) is 7.10. The SMILES string of the molecule is CCN1CCN(C(N)=NC2CCCCC2)CC1. The summed E-state index contributed by atoms with van der Waals surface area (Å²) in [5, 5.41) is 0. The molecule has 2 N–H and O–H groups in total. The van der Waals surface area contributed by atoms with Crippen LogP contribution < -0.4 is 5.73 Å². The van der Waals surface area contributed by atoms with E-state index in [1.807, 2.05) is 0 Å². The van der Waals surface area contributed by atoms with Crippen molar-refractivity contribution < 1.29 is 0 Å². The zero-order valence-corrected chi connectivity index (χ0v) is 11.1. The maximum absolute atomic E-state index is 6.12. The summed E-state index contributed by atoms with van der Waals surface area (Å²) in [7, 11) is 0. The molecule has 2 aliphatic rings. The van der Waals surface area contributed by atoms with Crippen molar-refractivity contribution >= 4 is 5.96 Å². The summed E-state index contributed by atoms with van der Waals surface area (Å²) in [5.41, 5.74) is 6.12. The van der Waals surface area contributed by atoms with Gasteiger partial charge in [-0.1, -0.05) is 26.2 Å². The molecule has 0 amide bonds. The molecule has 0 bridgehead atoms. The van der Waals surface area contributed by atoms with Crippen LogP contribution in [0.25, 0.3) is 0 Å². The van der Waals surface area contributed by atoms with Gasteiger partial charge in [-0.25, -0.2) is 4.99 Å². The van der Waals surface area contributed by atoms with E-state index in [0.717, 1.165) is 38.7 Å². The zero-order valence-electron chi connectivity index (χ0n) is 11.1. The van der Waals surface area contributed by atoms with Gasteiger partial charge < -0.3 is 15.5 Å². The molecule has 0 aromatic heterocycles. The van der Waals surface area contributed by atoms with Crippen molar-refractivity contribution in [2.75, 3.05) is 32.7 Å². The van der Waals surface area contributed by atoms with Gasteiger partial charge in [-0.3, -0.25) is 0 Å². The molecule has 0 aromatic rings. The quantitative estimate of drug-likeness (QED) is 0.582. The number of hydrogen-bond donors (Lipinski definition) is 1. The summed E-state index contributed by atoms with van der Waals surface area (Å²) >= 11 is 0. The second kappa shape index (κ2) is 6.24. The van der Waals surface area contributed by atoms with Gasteiger partial charge in [0.1, 0.15) is 0 Å². The zero-order chi connectivity index (χ0) is 12.1. The summed E-state index contributed by atoms with van der Waals surface area (Å²) in [6.07, 6.45) is 6.49. The minimum Gasteiger partial charge on any atom is -0.370 e. The molecule has 0 aromatic carbocycles. The molecule has 1 heterocycles. The summed E-state index contributed by atoms with van der Waals surface area (Å²) in [6.45, 7) is 7.68. The Hall–Kier alpha value is -0.770. The van der Waals surface area contributed by atoms with Crippen molar-refractivity contribution in [1.82, 2.24) is 9.80 Å². The Morgan fingerprint density at radius 3 is 2.35 bits per heavy atom. The van der Waals surface area contributed by atoms with Gasteiger partial charge in [0.25, 0.3) is 0 Å². The molecule has 0 unspecified atom stereocenters. The normalized spacial score (nSPS) is 25.2. The highest BCUT2D eigenvalue weighted by molar-refractivity contribution is 5.78. The molecule has 2 fully saturated rings. The fourth-order valence-corrected chi connectivity index (χ4v) is 2.77. The van der Waals surface area contributed by atoms with Crippen LogP contribution in [0.4, 0.5) is 0 Å². The number of hydrogen-bond acceptors (Lipinski definition) is 2. The predicted molar refractivity (Wildman–Crippen MR) is 72.2 cm³/mol. The first-order chi connectivity index (χ1) is 8.29. The standard InChI is InChI=1S/C13H26N4/c1-2-16-8-10-17(11-9-16)13(14)15-12-6-4-3-5-7-12/h12H,2-11H2,1H3,(H2,14,15). The molecule has 1 saturated heterocycles. The number of nitrogens with two attached hydrogens (primary N) is 1. The molecule has 4 nitrogen and oxygen atoms in total. The first kappa shape index (κ1) is 12.7. The minimum atomic E-state index is 0.493. The highest BCUT2D eigenvalue weighted by atomic mass is 15.3. The van der Waals surface area contributed by atoms with Gasteiger partial charge in [0.05, 0.1) is 6.04 Å². The predicted octanol–water partition coefficient (Wildman–Crippen LogP) is 1.27. The van der Waals surface area contributed by atoms with E-state index in [9.17, 15) is 0 Å². The van der Waals surface area contributed by atoms with Crippen LogP contribution in [0.3, 0.4) is 0 Å². The van der Waals surface area contributed by atoms with E-state index in [4.69, 9.17) is 10.7 Å². The summed E-state index contributed by atoms with van der Waals surface area (Å²) < 4.78 is 0. The lowest BCUT2D eigenvalue weighted by molar-refractivity contribution is 0.188. The first-order valence-corrected chi connectivity index (χ1v) is 7.10. The molecule has 0 atom stereocenters. The molecule has 0 spiro atoms. The maximum Gasteiger partial charge on any atom is 0.191 e. The Morgan fingerprint density at radius 1 is 1.12 bits per heavy atom. The van der Waals surface area contributed by atoms with Crippen LogP contribution in [-0.4, -0.2) is 54.5 Å². The number of piperazine rings is 1. The van der Waals surface area contributed by atoms with E-state index in [0.29, 0.717) is 6.04 Å². The Bertz CT molecular complexity index is 250. The van der Waals surface area contributed by atoms with Gasteiger partial charge in [-0.2, -0.15) is 0 Å². The lowest BCUT2D eigenvalue weighted by Gasteiger charge is -2.35. The van der Waals surface area contributed by atoms with Crippen LogP contribution in [0.2, 0.25) is 0 Å². The number of nitrogens with zero attached hydrogens (tertiary/aromatic N) is 3. The fraction of sp³-hybridized carbons (Fsp3) is 0.923. The average Bonchev–Trinajstić information content (AvgIpc) is 2.40. The smallest absolute Gasteiger partial charge is 0.191 e. The van der Waals surface area contributed by atoms with Crippen molar-refractivity contribution in [3.63, 3.8) is 0 Å². The number of aliphatic imine (C=N–C) groups is 1. The van der Waals surface area contributed by atoms with Crippen molar-refractivity contribution in [2.45, 2.75) is 45.1 Å². The molecule has 4 heteroatoms. The highest BCUT2D eigenvalue weighted by Crippen LogP contribution is 2.20. The van der Waals surface area contributed by atoms with Gasteiger partial charge >= 0.3 is 0 Å². The molecule has 1 saturated carbocycles. The highest BCUT2D eigenvalue weighted by Gasteiger charge is 2.19. The van der Waals surface area contributed by atoms with Crippen LogP contribution in [0.5, 0.6) is 0 Å². The van der Waals surface area contributed by atoms with E-state index in [1.165, 1.54) is 32.1 Å². The van der Waals surface area contributed by atoms with Crippen LogP contribution in [0.1, 0.15) is 39.0 Å². The Balaban J connectivity index is 1.82. The average molecular weight is 238 g/mol. The molecular weight excluding hydrogens is 212 g/mol. The number of likely N-dealkylation sites (N-methyl/N-ethyl adjacent to an activating group) is 1. The Morgan fingerprint density at radius 2 is 1.76 bits per heavy atom. The van der Waals surface area contributed by atoms with Gasteiger partial charge in [0.15, 0.2) is 5.96 Å². The molecule has 0 radical (unpaired) electrons. The topological polar surface area (TPSA) is 44.9 Å². The lowest BCUT2D eigenvalue weighted by atomic mass is 9.96. The number of guanidine groups is 1. The minimum absolute atomic E-state index is 0.493. The van der Waals surface area contributed by atoms with Gasteiger partial charge in [0, 0.05) is 26.2 Å². The van der Waals surface area contributed by atoms with Gasteiger partial charge in [-0.15, -0.1) is 0 Å². The van der Waals surface area contributed by atoms with E-state index in [1.54, 1.807) is 0 Å². The molecular formula is C13H26N4. The van der Waals surface area contributed by atoms with Crippen LogP contribution in [-0.2, 0) is 0 Å². The molecule has 1 aliphatic heterocycles. The second-order valence-electron chi connectivity index (χ2n) is 5.20. The fourth-order valence-electron chi connectivity index (χ4n) is 2.77. The van der Waals surface area contributed by atoms with Crippen molar-refractivity contribution in [3.05, 3.63) is 0 Å². The van der Waals surface area contributed by atoms with Crippen LogP contribution in [0.15, 0.2) is 4.99 Å². The summed E-state index contributed by atoms with van der Waals surface area (Å²) in [5.74, 6) is 0.785. The van der Waals surface area contributed by atoms with Crippen molar-refractivity contribution in [1.29, 1.82) is 0 Å². The van der Waals surface area contributed by atoms with Gasteiger partial charge in [0.2, 0.25) is 0 Å². The summed E-state index contributed by atoms with van der Waals surface area (Å²) in [4.78, 5) is 9.43. The second-order valence-corrected chi connectivity index (χ2v) is 5.20. The largest absolute Gasteiger partial charge is 0.370 e. The van der Waals surface area contributed by atoms with Gasteiger partial charge in [-0.05, 0) is 19.4 Å². The molecule has 1 aliphatic carbocycles. The monoisotopic (exact) mass is 238 g/mol. The maximum atomic E-state index is 6.12. The van der Waals surface area contributed by atoms with E-state index in [2.05, 4.69) is 16.7 Å². The lowest BCUT2D eigenvalue weighted by Crippen LogP contribution is -2.51. The third-order valence-electron chi connectivity index (χ3n) is 4.03. The molecule has 17 heavy (non-hydrogen) atoms. The molecule has 98 valence electrons. The Labute approximate surface area is 105 Å². The van der Waals surface area contributed by atoms with Crippen LogP contribution >= 0.6 is 0 Å². The van der Waals surface area contributed by atoms with E-state index in [-0.39, 0.29) is 0 Å². The third kappa shape index (κ3) is 3.60. The van der Waals surface area contributed by atoms with Crippen LogP contribution in [0, 0.1) is 0 Å². The van der Waals surface area contributed by atoms with Crippen molar-refractivity contribution in [2.24, 2.45) is 10.7 Å². The summed E-state index contributed by atoms with van der Waals surface area (Å²) in [6, 6.07) is 0.493. The third-order valence-corrected chi connectivity index (χ3v) is 4.03. The Kier molecular flexibility index (Phi) is 4.66. The van der Waals surface area contributed by atoms with E-state index < -0.39 is 0 Å². The van der Waals surface area contributed by atoms with Crippen molar-refractivity contribution in [3.8, 4) is 0 Å².